The molecule has 2 aromatic rings. The Morgan fingerprint density at radius 1 is 1.34 bits per heavy atom. The van der Waals surface area contributed by atoms with Crippen molar-refractivity contribution in [2.75, 3.05) is 5.75 Å². The van der Waals surface area contributed by atoms with Crippen molar-refractivity contribution in [3.8, 4) is 0 Å². The number of benzene rings is 1. The number of rotatable bonds is 12. The van der Waals surface area contributed by atoms with Gasteiger partial charge in [0.25, 0.3) is 0 Å². The van der Waals surface area contributed by atoms with E-state index in [1.807, 2.05) is 4.57 Å². The Morgan fingerprint density at radius 2 is 2.06 bits per heavy atom. The molecular formula is C23H31ClFN3O3S. The van der Waals surface area contributed by atoms with Gasteiger partial charge in [0.1, 0.15) is 11.6 Å². The molecule has 0 saturated heterocycles. The van der Waals surface area contributed by atoms with Crippen molar-refractivity contribution in [2.45, 2.75) is 59.5 Å². The molecule has 1 aromatic heterocycles. The van der Waals surface area contributed by atoms with Crippen molar-refractivity contribution in [1.29, 1.82) is 0 Å². The Balaban J connectivity index is 2.29. The summed E-state index contributed by atoms with van der Waals surface area (Å²) in [6, 6.07) is 4.04. The van der Waals surface area contributed by atoms with Crippen LogP contribution in [0.25, 0.3) is 0 Å². The van der Waals surface area contributed by atoms with Gasteiger partial charge in [-0.15, -0.1) is 0 Å². The first-order valence-corrected chi connectivity index (χ1v) is 11.8. The van der Waals surface area contributed by atoms with E-state index in [9.17, 15) is 14.0 Å². The quantitative estimate of drug-likeness (QED) is 0.372. The standard InChI is InChI=1S/C23H31ClFN3O3S/c1-4-5-6-20-27-21(24)19(11-26-22(29)16(13-32)9-14(2)3)28(20)12-15-7-8-17(23(30)31)18(25)10-15/h7-8,10,14,16,32H,4-6,9,11-13H2,1-3H3,(H,26,29)(H,30,31)/t16-/m0/s1. The van der Waals surface area contributed by atoms with Crippen LogP contribution in [0, 0.1) is 17.7 Å². The average Bonchev–Trinajstić information content (AvgIpc) is 3.02. The van der Waals surface area contributed by atoms with Crippen molar-refractivity contribution < 1.29 is 19.1 Å². The summed E-state index contributed by atoms with van der Waals surface area (Å²) in [6.07, 6.45) is 3.30. The highest BCUT2D eigenvalue weighted by Gasteiger charge is 2.21. The Hall–Kier alpha value is -2.06. The first kappa shape index (κ1) is 26.2. The molecule has 0 spiro atoms. The second kappa shape index (κ2) is 12.3. The second-order valence-corrected chi connectivity index (χ2v) is 9.02. The van der Waals surface area contributed by atoms with E-state index in [-0.39, 0.29) is 30.5 Å². The van der Waals surface area contributed by atoms with Crippen LogP contribution in [-0.4, -0.2) is 32.3 Å². The van der Waals surface area contributed by atoms with E-state index in [0.717, 1.165) is 25.1 Å². The summed E-state index contributed by atoms with van der Waals surface area (Å²) in [6.45, 7) is 6.65. The van der Waals surface area contributed by atoms with Gasteiger partial charge in [-0.3, -0.25) is 4.79 Å². The summed E-state index contributed by atoms with van der Waals surface area (Å²) in [5.74, 6) is -0.833. The molecule has 1 atom stereocenters. The van der Waals surface area contributed by atoms with Gasteiger partial charge in [-0.25, -0.2) is 14.2 Å². The van der Waals surface area contributed by atoms with Crippen LogP contribution in [0.2, 0.25) is 5.15 Å². The number of amides is 1. The van der Waals surface area contributed by atoms with E-state index in [1.54, 1.807) is 6.07 Å². The summed E-state index contributed by atoms with van der Waals surface area (Å²) in [5, 5.41) is 12.3. The van der Waals surface area contributed by atoms with Gasteiger partial charge in [-0.05, 0) is 36.5 Å². The molecule has 0 fully saturated rings. The largest absolute Gasteiger partial charge is 0.478 e. The number of carbonyl (C=O) groups excluding carboxylic acids is 1. The molecule has 1 heterocycles. The molecule has 9 heteroatoms. The number of carboxylic acid groups (broad SMARTS) is 1. The van der Waals surface area contributed by atoms with E-state index in [2.05, 4.69) is 43.7 Å². The topological polar surface area (TPSA) is 84.2 Å². The van der Waals surface area contributed by atoms with E-state index < -0.39 is 11.8 Å². The minimum absolute atomic E-state index is 0.0931. The smallest absolute Gasteiger partial charge is 0.338 e. The third-order valence-corrected chi connectivity index (χ3v) is 5.98. The lowest BCUT2D eigenvalue weighted by Crippen LogP contribution is -2.33. The molecule has 176 valence electrons. The Bertz CT molecular complexity index is 949. The number of hydrogen-bond donors (Lipinski definition) is 3. The van der Waals surface area contributed by atoms with Crippen LogP contribution in [0.3, 0.4) is 0 Å². The highest BCUT2D eigenvalue weighted by molar-refractivity contribution is 7.80. The molecule has 1 aromatic carbocycles. The number of carbonyl (C=O) groups is 2. The number of aromatic carboxylic acids is 1. The first-order valence-electron chi connectivity index (χ1n) is 10.8. The fraction of sp³-hybridized carbons (Fsp3) is 0.522. The number of aromatic nitrogens is 2. The third kappa shape index (κ3) is 6.97. The predicted octanol–water partition coefficient (Wildman–Crippen LogP) is 4.97. The number of hydrogen-bond acceptors (Lipinski definition) is 4. The number of imidazole rings is 1. The molecule has 0 aliphatic carbocycles. The molecule has 0 saturated carbocycles. The van der Waals surface area contributed by atoms with Crippen molar-refractivity contribution in [3.63, 3.8) is 0 Å². The zero-order chi connectivity index (χ0) is 23.8. The molecule has 0 aliphatic rings. The minimum atomic E-state index is -1.31. The maximum absolute atomic E-state index is 14.2. The third-order valence-electron chi connectivity index (χ3n) is 5.24. The Morgan fingerprint density at radius 3 is 2.62 bits per heavy atom. The summed E-state index contributed by atoms with van der Waals surface area (Å²) >= 11 is 10.7. The number of unbranched alkanes of at least 4 members (excludes halogenated alkanes) is 1. The lowest BCUT2D eigenvalue weighted by atomic mass is 9.98. The van der Waals surface area contributed by atoms with E-state index in [0.29, 0.717) is 34.5 Å². The van der Waals surface area contributed by atoms with Crippen LogP contribution in [0.15, 0.2) is 18.2 Å². The van der Waals surface area contributed by atoms with E-state index in [4.69, 9.17) is 16.7 Å². The van der Waals surface area contributed by atoms with Gasteiger partial charge < -0.3 is 15.0 Å². The fourth-order valence-corrected chi connectivity index (χ4v) is 4.13. The molecule has 0 aliphatic heterocycles. The molecule has 1 amide bonds. The van der Waals surface area contributed by atoms with Crippen LogP contribution >= 0.6 is 24.2 Å². The molecular weight excluding hydrogens is 453 g/mol. The number of carboxylic acids is 1. The van der Waals surface area contributed by atoms with Gasteiger partial charge >= 0.3 is 5.97 Å². The average molecular weight is 484 g/mol. The van der Waals surface area contributed by atoms with Gasteiger partial charge in [0, 0.05) is 24.6 Å². The molecule has 2 N–H and O–H groups in total. The molecule has 0 bridgehead atoms. The fourth-order valence-electron chi connectivity index (χ4n) is 3.55. The first-order chi connectivity index (χ1) is 15.2. The molecule has 6 nitrogen and oxygen atoms in total. The number of nitrogens with one attached hydrogen (secondary N) is 1. The lowest BCUT2D eigenvalue weighted by molar-refractivity contribution is -0.124. The van der Waals surface area contributed by atoms with E-state index >= 15 is 0 Å². The van der Waals surface area contributed by atoms with Crippen LogP contribution in [0.5, 0.6) is 0 Å². The minimum Gasteiger partial charge on any atom is -0.478 e. The summed E-state index contributed by atoms with van der Waals surface area (Å²) in [7, 11) is 0. The molecule has 0 unspecified atom stereocenters. The number of nitrogens with zero attached hydrogens (tertiary/aromatic N) is 2. The van der Waals surface area contributed by atoms with Crippen LogP contribution < -0.4 is 5.32 Å². The van der Waals surface area contributed by atoms with Gasteiger partial charge in [-0.2, -0.15) is 12.6 Å². The highest BCUT2D eigenvalue weighted by atomic mass is 35.5. The molecule has 32 heavy (non-hydrogen) atoms. The van der Waals surface area contributed by atoms with Crippen LogP contribution in [0.1, 0.15) is 67.5 Å². The lowest BCUT2D eigenvalue weighted by Gasteiger charge is -2.18. The zero-order valence-corrected chi connectivity index (χ0v) is 20.3. The van der Waals surface area contributed by atoms with Gasteiger partial charge in [0.05, 0.1) is 17.8 Å². The maximum atomic E-state index is 14.2. The van der Waals surface area contributed by atoms with Gasteiger partial charge in [0.2, 0.25) is 5.91 Å². The number of halogens is 2. The monoisotopic (exact) mass is 483 g/mol. The zero-order valence-electron chi connectivity index (χ0n) is 18.7. The summed E-state index contributed by atoms with van der Waals surface area (Å²) < 4.78 is 16.1. The SMILES string of the molecule is CCCCc1nc(Cl)c(CNC(=O)[C@H](CS)CC(C)C)n1Cc1ccc(C(=O)O)c(F)c1. The van der Waals surface area contributed by atoms with E-state index in [1.165, 1.54) is 12.1 Å². The molecule has 2 rings (SSSR count). The van der Waals surface area contributed by atoms with Crippen LogP contribution in [0.4, 0.5) is 4.39 Å². The summed E-state index contributed by atoms with van der Waals surface area (Å²) in [4.78, 5) is 28.2. The normalized spacial score (nSPS) is 12.2. The summed E-state index contributed by atoms with van der Waals surface area (Å²) in [5.41, 5.74) is 0.843. The second-order valence-electron chi connectivity index (χ2n) is 8.30. The number of aryl methyl sites for hydroxylation is 1. The number of thiol groups is 1. The van der Waals surface area contributed by atoms with Crippen molar-refractivity contribution in [2.24, 2.45) is 11.8 Å². The van der Waals surface area contributed by atoms with Crippen molar-refractivity contribution in [3.05, 3.63) is 51.8 Å². The molecule has 0 radical (unpaired) electrons. The van der Waals surface area contributed by atoms with Gasteiger partial charge in [0.15, 0.2) is 5.15 Å². The Kier molecular flexibility index (Phi) is 10.0. The highest BCUT2D eigenvalue weighted by Crippen LogP contribution is 2.22. The van der Waals surface area contributed by atoms with Crippen LogP contribution in [-0.2, 0) is 24.3 Å². The maximum Gasteiger partial charge on any atom is 0.338 e. The predicted molar refractivity (Wildman–Crippen MR) is 127 cm³/mol. The Labute approximate surface area is 199 Å². The van der Waals surface area contributed by atoms with Crippen molar-refractivity contribution >= 4 is 36.1 Å². The van der Waals surface area contributed by atoms with Gasteiger partial charge in [-0.1, -0.05) is 44.9 Å². The van der Waals surface area contributed by atoms with Crippen molar-refractivity contribution in [1.82, 2.24) is 14.9 Å².